The fraction of sp³-hybridized carbons (Fsp3) is 0.306. The van der Waals surface area contributed by atoms with Gasteiger partial charge in [0.2, 0.25) is 0 Å². The third kappa shape index (κ3) is 11.3. The lowest BCUT2D eigenvalue weighted by Gasteiger charge is -2.36. The molecule has 2 heterocycles. The van der Waals surface area contributed by atoms with E-state index in [4.69, 9.17) is 9.97 Å². The van der Waals surface area contributed by atoms with Crippen molar-refractivity contribution in [3.63, 3.8) is 0 Å². The number of thiazole rings is 2. The van der Waals surface area contributed by atoms with Crippen molar-refractivity contribution in [1.82, 2.24) is 9.97 Å². The van der Waals surface area contributed by atoms with Crippen molar-refractivity contribution >= 4 is 115 Å². The molecule has 8 rings (SSSR count). The number of amides is 4. The van der Waals surface area contributed by atoms with E-state index in [2.05, 4.69) is 34.9 Å². The molecular formula is C49H50N6O4S6. The van der Waals surface area contributed by atoms with Crippen molar-refractivity contribution < 1.29 is 19.2 Å². The second-order valence-corrected chi connectivity index (χ2v) is 22.1. The van der Waals surface area contributed by atoms with E-state index in [-0.39, 0.29) is 34.8 Å². The van der Waals surface area contributed by atoms with Crippen LogP contribution in [0.15, 0.2) is 121 Å². The van der Waals surface area contributed by atoms with Crippen molar-refractivity contribution in [2.24, 2.45) is 11.8 Å². The SMILES string of the molecule is CSc1sc(NC(=O)N(c2ccccc2C(=O)C2CCCC2)N(C(=O)Nc2nc(CSc3ccccc3)c(SC)s2)c2ccc(C)cc2C(=O)C2CCCC2)nc1CSc1ccccc1. The first-order valence-electron chi connectivity index (χ1n) is 21.6. The Bertz CT molecular complexity index is 2630. The van der Waals surface area contributed by atoms with Gasteiger partial charge in [0.25, 0.3) is 0 Å². The molecule has 2 aliphatic rings. The number of carbonyl (C=O) groups is 4. The molecule has 0 bridgehead atoms. The zero-order chi connectivity index (χ0) is 45.3. The molecule has 2 aromatic heterocycles. The van der Waals surface area contributed by atoms with Gasteiger partial charge in [-0.25, -0.2) is 19.6 Å². The van der Waals surface area contributed by atoms with Gasteiger partial charge in [0, 0.05) is 44.3 Å². The molecular weight excluding hydrogens is 929 g/mol. The largest absolute Gasteiger partial charge is 0.347 e. The predicted octanol–water partition coefficient (Wildman–Crippen LogP) is 14.4. The number of para-hydroxylation sites is 1. The molecule has 0 radical (unpaired) electrons. The first-order valence-corrected chi connectivity index (χ1v) is 27.7. The van der Waals surface area contributed by atoms with Crippen molar-refractivity contribution in [1.29, 1.82) is 0 Å². The van der Waals surface area contributed by atoms with Crippen molar-refractivity contribution in [2.45, 2.75) is 88.0 Å². The van der Waals surface area contributed by atoms with Crippen molar-refractivity contribution in [3.05, 3.63) is 131 Å². The Morgan fingerprint density at radius 1 is 0.585 bits per heavy atom. The third-order valence-corrected chi connectivity index (χ3v) is 17.8. The fourth-order valence-electron chi connectivity index (χ4n) is 8.24. The second kappa shape index (κ2) is 22.3. The molecule has 2 N–H and O–H groups in total. The molecule has 0 unspecified atom stereocenters. The molecule has 0 aliphatic heterocycles. The summed E-state index contributed by atoms with van der Waals surface area (Å²) in [5.74, 6) is 0.543. The summed E-state index contributed by atoms with van der Waals surface area (Å²) in [6.07, 6.45) is 10.7. The minimum absolute atomic E-state index is 0.0843. The quantitative estimate of drug-likeness (QED) is 0.0550. The summed E-state index contributed by atoms with van der Waals surface area (Å²) in [6.45, 7) is 1.91. The highest BCUT2D eigenvalue weighted by molar-refractivity contribution is 8.01. The Kier molecular flexibility index (Phi) is 16.1. The van der Waals surface area contributed by atoms with Crippen molar-refractivity contribution in [2.75, 3.05) is 33.2 Å². The number of Topliss-reactive ketones (excluding diaryl/α,β-unsaturated/α-hetero) is 2. The van der Waals surface area contributed by atoms with Gasteiger partial charge in [-0.2, -0.15) is 10.0 Å². The molecule has 6 aromatic rings. The maximum Gasteiger partial charge on any atom is 0.347 e. The van der Waals surface area contributed by atoms with Gasteiger partial charge in [-0.05, 0) is 93.6 Å². The number of nitrogens with one attached hydrogen (secondary N) is 2. The molecule has 2 aliphatic carbocycles. The number of aryl methyl sites for hydroxylation is 1. The first-order chi connectivity index (χ1) is 31.7. The molecule has 0 spiro atoms. The van der Waals surface area contributed by atoms with Crippen LogP contribution in [-0.2, 0) is 11.5 Å². The van der Waals surface area contributed by atoms with E-state index in [0.717, 1.165) is 86.5 Å². The molecule has 0 atom stereocenters. The van der Waals surface area contributed by atoms with Crippen LogP contribution in [0.2, 0.25) is 0 Å². The van der Waals surface area contributed by atoms with Gasteiger partial charge in [0.1, 0.15) is 0 Å². The van der Waals surface area contributed by atoms with E-state index < -0.39 is 12.1 Å². The number of benzene rings is 4. The molecule has 4 aromatic carbocycles. The minimum atomic E-state index is -0.723. The Labute approximate surface area is 405 Å². The predicted molar refractivity (Wildman–Crippen MR) is 273 cm³/mol. The monoisotopic (exact) mass is 978 g/mol. The highest BCUT2D eigenvalue weighted by atomic mass is 32.2. The van der Waals surface area contributed by atoms with E-state index in [9.17, 15) is 9.59 Å². The van der Waals surface area contributed by atoms with Gasteiger partial charge in [-0.15, -0.1) is 47.0 Å². The highest BCUT2D eigenvalue weighted by Crippen LogP contribution is 2.40. The standard InChI is InChI=1S/C49H50N6O4S6/c1-31-26-27-41(37(28-31)43(57)33-18-12-13-19-33)55(49(59)53-47-51-39(45(61-3)65-47)30-63-35-22-8-5-9-23-35)54(40-25-15-14-24-36(40)42(56)32-16-10-11-17-32)48(58)52-46-50-38(44(60-2)64-46)29-62-34-20-6-4-7-21-34/h4-9,14-15,20-28,32-33H,10-13,16-19,29-30H2,1-3H3,(H,50,52,58)(H,51,53,59). The number of urea groups is 2. The van der Waals surface area contributed by atoms with Crippen LogP contribution >= 0.6 is 69.7 Å². The molecule has 65 heavy (non-hydrogen) atoms. The van der Waals surface area contributed by atoms with Crippen LogP contribution in [-0.4, -0.2) is 46.1 Å². The third-order valence-electron chi connectivity index (χ3n) is 11.4. The number of rotatable bonds is 16. The second-order valence-electron chi connectivity index (χ2n) is 15.8. The number of carbonyl (C=O) groups excluding carboxylic acids is 4. The van der Waals surface area contributed by atoms with Gasteiger partial charge in [0.15, 0.2) is 21.8 Å². The maximum atomic E-state index is 15.4. The van der Waals surface area contributed by atoms with Crippen LogP contribution in [0.1, 0.15) is 89.0 Å². The average Bonchev–Trinajstić information content (AvgIpc) is 4.19. The summed E-state index contributed by atoms with van der Waals surface area (Å²) in [7, 11) is 0. The Balaban J connectivity index is 1.23. The zero-order valence-corrected chi connectivity index (χ0v) is 41.3. The van der Waals surface area contributed by atoms with E-state index >= 15 is 9.59 Å². The summed E-state index contributed by atoms with van der Waals surface area (Å²) >= 11 is 9.11. The zero-order valence-electron chi connectivity index (χ0n) is 36.4. The van der Waals surface area contributed by atoms with Gasteiger partial charge in [-0.1, -0.05) is 109 Å². The molecule has 0 saturated heterocycles. The number of hydrazine groups is 1. The molecule has 336 valence electrons. The molecule has 16 heteroatoms. The van der Waals surface area contributed by atoms with Crippen molar-refractivity contribution in [3.8, 4) is 0 Å². The van der Waals surface area contributed by atoms with Crippen LogP contribution < -0.4 is 20.7 Å². The van der Waals surface area contributed by atoms with Gasteiger partial charge in [0.05, 0.1) is 31.2 Å². The van der Waals surface area contributed by atoms with Gasteiger partial charge < -0.3 is 0 Å². The van der Waals surface area contributed by atoms with Crippen LogP contribution in [0.25, 0.3) is 0 Å². The lowest BCUT2D eigenvalue weighted by atomic mass is 9.93. The Morgan fingerprint density at radius 2 is 1.02 bits per heavy atom. The Hall–Kier alpha value is -4.58. The summed E-state index contributed by atoms with van der Waals surface area (Å²) in [5.41, 5.74) is 3.54. The normalized spacial score (nSPS) is 14.1. The lowest BCUT2D eigenvalue weighted by Crippen LogP contribution is -2.55. The first kappa shape index (κ1) is 46.9. The van der Waals surface area contributed by atoms with Crippen LogP contribution in [0, 0.1) is 18.8 Å². The fourth-order valence-corrected chi connectivity index (χ4v) is 13.6. The summed E-state index contributed by atoms with van der Waals surface area (Å²) in [5, 5.41) is 9.22. The van der Waals surface area contributed by atoms with Crippen LogP contribution in [0.3, 0.4) is 0 Å². The minimum Gasteiger partial charge on any atom is -0.294 e. The van der Waals surface area contributed by atoms with E-state index in [1.165, 1.54) is 32.7 Å². The molecule has 10 nitrogen and oxygen atoms in total. The summed E-state index contributed by atoms with van der Waals surface area (Å²) in [6, 6.07) is 31.0. The van der Waals surface area contributed by atoms with E-state index in [1.807, 2.05) is 61.9 Å². The number of aromatic nitrogens is 2. The van der Waals surface area contributed by atoms with E-state index in [1.54, 1.807) is 83.4 Å². The molecule has 2 fully saturated rings. The summed E-state index contributed by atoms with van der Waals surface area (Å²) in [4.78, 5) is 72.1. The lowest BCUT2D eigenvalue weighted by molar-refractivity contribution is 0.0915. The number of hydrogen-bond donors (Lipinski definition) is 2. The highest BCUT2D eigenvalue weighted by Gasteiger charge is 2.38. The molecule has 2 saturated carbocycles. The number of thioether (sulfide) groups is 4. The Morgan fingerprint density at radius 3 is 1.49 bits per heavy atom. The smallest absolute Gasteiger partial charge is 0.294 e. The van der Waals surface area contributed by atoms with Gasteiger partial charge >= 0.3 is 12.1 Å². The average molecular weight is 979 g/mol. The van der Waals surface area contributed by atoms with Crippen LogP contribution in [0.5, 0.6) is 0 Å². The number of nitrogens with zero attached hydrogens (tertiary/aromatic N) is 4. The van der Waals surface area contributed by atoms with Crippen LogP contribution in [0.4, 0.5) is 31.2 Å². The number of anilines is 4. The molecule has 4 amide bonds. The number of ketones is 2. The van der Waals surface area contributed by atoms with Gasteiger partial charge in [-0.3, -0.25) is 20.2 Å². The maximum absolute atomic E-state index is 15.4. The summed E-state index contributed by atoms with van der Waals surface area (Å²) < 4.78 is 1.89. The number of hydrogen-bond acceptors (Lipinski definition) is 12. The van der Waals surface area contributed by atoms with E-state index in [0.29, 0.717) is 32.9 Å². The topological polar surface area (TPSA) is 125 Å².